The van der Waals surface area contributed by atoms with Gasteiger partial charge in [-0.2, -0.15) is 0 Å². The summed E-state index contributed by atoms with van der Waals surface area (Å²) in [5, 5.41) is 3.80. The molecule has 1 atom stereocenters. The number of urea groups is 1. The van der Waals surface area contributed by atoms with Crippen LogP contribution in [0.4, 0.5) is 4.79 Å². The normalized spacial score (nSPS) is 20.1. The molecule has 0 saturated carbocycles. The summed E-state index contributed by atoms with van der Waals surface area (Å²) in [4.78, 5) is 28.0. The molecular weight excluding hydrogens is 352 g/mol. The summed E-state index contributed by atoms with van der Waals surface area (Å²) in [6.07, 6.45) is 3.68. The van der Waals surface area contributed by atoms with Gasteiger partial charge in [0, 0.05) is 30.6 Å². The molecule has 6 nitrogen and oxygen atoms in total. The van der Waals surface area contributed by atoms with Crippen molar-refractivity contribution >= 4 is 23.5 Å². The maximum absolute atomic E-state index is 12.5. The highest BCUT2D eigenvalue weighted by molar-refractivity contribution is 6.30. The second kappa shape index (κ2) is 8.73. The van der Waals surface area contributed by atoms with E-state index in [-0.39, 0.29) is 23.9 Å². The van der Waals surface area contributed by atoms with E-state index in [1.807, 2.05) is 24.3 Å². The third-order valence-electron chi connectivity index (χ3n) is 5.47. The Morgan fingerprint density at radius 1 is 1.12 bits per heavy atom. The van der Waals surface area contributed by atoms with E-state index in [1.165, 1.54) is 18.4 Å². The molecule has 0 radical (unpaired) electrons. The molecule has 0 bridgehead atoms. The summed E-state index contributed by atoms with van der Waals surface area (Å²) in [5.74, 6) is -0.368. The number of nitrogens with two attached hydrogens (primary N) is 1. The van der Waals surface area contributed by atoms with Crippen LogP contribution in [0.15, 0.2) is 24.3 Å². The minimum Gasteiger partial charge on any atom is -0.369 e. The van der Waals surface area contributed by atoms with Crippen molar-refractivity contribution in [2.75, 3.05) is 32.7 Å². The number of nitrogens with one attached hydrogen (secondary N) is 1. The number of nitrogens with zero attached hydrogens (tertiary/aromatic N) is 2. The Morgan fingerprint density at radius 2 is 1.73 bits per heavy atom. The van der Waals surface area contributed by atoms with Gasteiger partial charge in [-0.1, -0.05) is 23.7 Å². The van der Waals surface area contributed by atoms with Crippen molar-refractivity contribution in [3.63, 3.8) is 0 Å². The number of halogens is 1. The molecule has 0 aromatic heterocycles. The van der Waals surface area contributed by atoms with Crippen LogP contribution in [0.25, 0.3) is 0 Å². The molecule has 1 aromatic rings. The Morgan fingerprint density at radius 3 is 2.31 bits per heavy atom. The molecule has 3 N–H and O–H groups in total. The lowest BCUT2D eigenvalue weighted by molar-refractivity contribution is -0.123. The van der Waals surface area contributed by atoms with Crippen LogP contribution >= 0.6 is 11.6 Å². The fraction of sp³-hybridized carbons (Fsp3) is 0.579. The third-order valence-corrected chi connectivity index (χ3v) is 5.72. The molecule has 3 amide bonds. The molecular formula is C19H27ClN4O2. The van der Waals surface area contributed by atoms with Gasteiger partial charge < -0.3 is 16.0 Å². The van der Waals surface area contributed by atoms with Crippen LogP contribution in [0, 0.1) is 5.92 Å². The van der Waals surface area contributed by atoms with Crippen molar-refractivity contribution in [3.8, 4) is 0 Å². The van der Waals surface area contributed by atoms with Crippen LogP contribution in [-0.4, -0.2) is 54.5 Å². The smallest absolute Gasteiger partial charge is 0.317 e. The first kappa shape index (κ1) is 19.0. The number of primary amides is 1. The number of benzene rings is 1. The molecule has 142 valence electrons. The highest BCUT2D eigenvalue weighted by Gasteiger charge is 2.28. The largest absolute Gasteiger partial charge is 0.369 e. The zero-order valence-electron chi connectivity index (χ0n) is 15.0. The summed E-state index contributed by atoms with van der Waals surface area (Å²) in [6, 6.07) is 7.96. The average Bonchev–Trinajstić information content (AvgIpc) is 3.17. The number of piperidine rings is 1. The maximum Gasteiger partial charge on any atom is 0.317 e. The van der Waals surface area contributed by atoms with Crippen molar-refractivity contribution < 1.29 is 9.59 Å². The summed E-state index contributed by atoms with van der Waals surface area (Å²) in [6.45, 7) is 3.82. The van der Waals surface area contributed by atoms with Crippen molar-refractivity contribution in [1.29, 1.82) is 0 Å². The van der Waals surface area contributed by atoms with Crippen molar-refractivity contribution in [3.05, 3.63) is 34.9 Å². The van der Waals surface area contributed by atoms with Gasteiger partial charge in [0.05, 0.1) is 6.04 Å². The zero-order chi connectivity index (χ0) is 18.5. The summed E-state index contributed by atoms with van der Waals surface area (Å²) in [7, 11) is 0. The molecule has 2 heterocycles. The zero-order valence-corrected chi connectivity index (χ0v) is 15.8. The van der Waals surface area contributed by atoms with Gasteiger partial charge in [0.2, 0.25) is 5.91 Å². The lowest BCUT2D eigenvalue weighted by Crippen LogP contribution is -2.48. The van der Waals surface area contributed by atoms with E-state index in [0.29, 0.717) is 32.5 Å². The predicted molar refractivity (Wildman–Crippen MR) is 102 cm³/mol. The van der Waals surface area contributed by atoms with Gasteiger partial charge in [-0.05, 0) is 56.5 Å². The van der Waals surface area contributed by atoms with E-state index in [1.54, 1.807) is 4.90 Å². The minimum atomic E-state index is -0.262. The SMILES string of the molecule is NC(=O)C1CCN(C(=O)NC[C@@H](c2ccc(Cl)cc2)N2CCCC2)CC1. The van der Waals surface area contributed by atoms with Crippen molar-refractivity contribution in [2.45, 2.75) is 31.7 Å². The van der Waals surface area contributed by atoms with Crippen LogP contribution < -0.4 is 11.1 Å². The average molecular weight is 379 g/mol. The Bertz CT molecular complexity index is 623. The first-order valence-electron chi connectivity index (χ1n) is 9.36. The number of carbonyl (C=O) groups is 2. The maximum atomic E-state index is 12.5. The monoisotopic (exact) mass is 378 g/mol. The number of likely N-dealkylation sites (tertiary alicyclic amines) is 2. The first-order chi connectivity index (χ1) is 12.5. The Hall–Kier alpha value is -1.79. The number of hydrogen-bond acceptors (Lipinski definition) is 3. The molecule has 0 unspecified atom stereocenters. The molecule has 2 fully saturated rings. The number of amides is 3. The molecule has 2 saturated heterocycles. The van der Waals surface area contributed by atoms with E-state index >= 15 is 0 Å². The van der Waals surface area contributed by atoms with Crippen LogP contribution in [0.1, 0.15) is 37.3 Å². The Kier molecular flexibility index (Phi) is 6.38. The quantitative estimate of drug-likeness (QED) is 0.825. The fourth-order valence-electron chi connectivity index (χ4n) is 3.86. The highest BCUT2D eigenvalue weighted by Crippen LogP contribution is 2.26. The van der Waals surface area contributed by atoms with E-state index in [4.69, 9.17) is 17.3 Å². The highest BCUT2D eigenvalue weighted by atomic mass is 35.5. The molecule has 0 aliphatic carbocycles. The van der Waals surface area contributed by atoms with Crippen LogP contribution in [-0.2, 0) is 4.79 Å². The molecule has 0 spiro atoms. The van der Waals surface area contributed by atoms with E-state index in [2.05, 4.69) is 10.2 Å². The van der Waals surface area contributed by atoms with E-state index in [9.17, 15) is 9.59 Å². The molecule has 2 aliphatic rings. The van der Waals surface area contributed by atoms with E-state index in [0.717, 1.165) is 18.1 Å². The van der Waals surface area contributed by atoms with Gasteiger partial charge in [0.15, 0.2) is 0 Å². The van der Waals surface area contributed by atoms with Gasteiger partial charge in [-0.15, -0.1) is 0 Å². The van der Waals surface area contributed by atoms with Gasteiger partial charge in [-0.3, -0.25) is 9.69 Å². The lowest BCUT2D eigenvalue weighted by Gasteiger charge is -2.32. The molecule has 26 heavy (non-hydrogen) atoms. The van der Waals surface area contributed by atoms with Gasteiger partial charge >= 0.3 is 6.03 Å². The van der Waals surface area contributed by atoms with Gasteiger partial charge in [0.25, 0.3) is 0 Å². The van der Waals surface area contributed by atoms with E-state index < -0.39 is 0 Å². The predicted octanol–water partition coefficient (Wildman–Crippen LogP) is 2.38. The van der Waals surface area contributed by atoms with Crippen molar-refractivity contribution in [1.82, 2.24) is 15.1 Å². The standard InChI is InChI=1S/C19H27ClN4O2/c20-16-5-3-14(4-6-16)17(23-9-1-2-10-23)13-22-19(26)24-11-7-15(8-12-24)18(21)25/h3-6,15,17H,1-2,7-13H2,(H2,21,25)(H,22,26)/t17-/m0/s1. The number of carbonyl (C=O) groups excluding carboxylic acids is 2. The third kappa shape index (κ3) is 4.68. The molecule has 2 aliphatic heterocycles. The molecule has 7 heteroatoms. The van der Waals surface area contributed by atoms with Crippen LogP contribution in [0.3, 0.4) is 0 Å². The number of hydrogen-bond donors (Lipinski definition) is 2. The van der Waals surface area contributed by atoms with Gasteiger partial charge in [-0.25, -0.2) is 4.79 Å². The second-order valence-corrected chi connectivity index (χ2v) is 7.60. The van der Waals surface area contributed by atoms with Crippen LogP contribution in [0.5, 0.6) is 0 Å². The first-order valence-corrected chi connectivity index (χ1v) is 9.74. The Labute approximate surface area is 159 Å². The summed E-state index contributed by atoms with van der Waals surface area (Å²) < 4.78 is 0. The Balaban J connectivity index is 1.58. The fourth-order valence-corrected chi connectivity index (χ4v) is 3.98. The minimum absolute atomic E-state index is 0.0638. The van der Waals surface area contributed by atoms with Gasteiger partial charge in [0.1, 0.15) is 0 Å². The summed E-state index contributed by atoms with van der Waals surface area (Å²) in [5.41, 5.74) is 6.53. The molecule has 3 rings (SSSR count). The summed E-state index contributed by atoms with van der Waals surface area (Å²) >= 11 is 6.02. The topological polar surface area (TPSA) is 78.7 Å². The van der Waals surface area contributed by atoms with Crippen molar-refractivity contribution in [2.24, 2.45) is 11.7 Å². The lowest BCUT2D eigenvalue weighted by atomic mass is 9.96. The molecule has 1 aromatic carbocycles. The van der Waals surface area contributed by atoms with Crippen LogP contribution in [0.2, 0.25) is 5.02 Å². The second-order valence-electron chi connectivity index (χ2n) is 7.16. The number of rotatable bonds is 5.